The summed E-state index contributed by atoms with van der Waals surface area (Å²) >= 11 is 0. The van der Waals surface area contributed by atoms with Crippen LogP contribution >= 0.6 is 0 Å². The van der Waals surface area contributed by atoms with Crippen LogP contribution in [0.25, 0.3) is 0 Å². The third-order valence-corrected chi connectivity index (χ3v) is 19.0. The standard InChI is InChI=1S/C48H86O45S4/c1-19-21(3)43(80-33-23(5)35(68-10)45(70-12)76-26(33)14-66-8)74-25(13-65-7)31(19)82-46-36(69-11)24(6)34(27(77-46)15-67-9)81-44-22(4)20(2)32(28(75-44)16-71-94(53,54)55)83-48-42(89-97(62,63)64)39(86-91-50)37(29(78-48)17-72-95(56,57)58)84-47-41(88-93-52)40(87-92-51)38(85-90-49)30(79-47)18-73-96(59,60)61/h19-52H,13-18H2,1-12H3,(H,53,54,55)(H,56,57,58)(H,59,60,61)(H,62,63,64)/t19?,20-,21?,22?,23?,24+,25+,26+,27?,28?,29+,30+,31+,32+,33+,34+,35?,36?,37-,38-,39?,40?,41?,42?,43-,44+,45-,46+,47-,48+/m1/s1. The molecular weight excluding hydrogens is 1420 g/mol. The van der Waals surface area contributed by atoms with Crippen molar-refractivity contribution in [1.82, 2.24) is 0 Å². The zero-order valence-electron chi connectivity index (χ0n) is 53.9. The highest BCUT2D eigenvalue weighted by atomic mass is 32.3. The fourth-order valence-electron chi connectivity index (χ4n) is 12.4. The Hall–Kier alpha value is -1.68. The van der Waals surface area contributed by atoms with Crippen LogP contribution in [-0.4, -0.2) is 303 Å². The van der Waals surface area contributed by atoms with Gasteiger partial charge in [-0.25, -0.2) is 37.8 Å². The minimum Gasteiger partial charge on any atom is -0.382 e. The summed E-state index contributed by atoms with van der Waals surface area (Å²) in [4.78, 5) is 18.9. The van der Waals surface area contributed by atoms with Crippen molar-refractivity contribution in [1.29, 1.82) is 0 Å². The summed E-state index contributed by atoms with van der Waals surface area (Å²) in [5, 5.41) is 52.6. The maximum atomic E-state index is 12.8. The topological polar surface area (TPSA) is 566 Å². The van der Waals surface area contributed by atoms with Crippen LogP contribution in [0.1, 0.15) is 41.5 Å². The molecule has 6 heterocycles. The summed E-state index contributed by atoms with van der Waals surface area (Å²) in [6.45, 7) is 6.50. The molecule has 45 nitrogen and oxygen atoms in total. The molecule has 0 saturated carbocycles. The van der Waals surface area contributed by atoms with E-state index < -0.39 is 227 Å². The van der Waals surface area contributed by atoms with E-state index in [1.54, 1.807) is 14.0 Å². The minimum absolute atomic E-state index is 0.0316. The molecule has 0 radical (unpaired) electrons. The van der Waals surface area contributed by atoms with Gasteiger partial charge in [0.25, 0.3) is 0 Å². The first-order valence-corrected chi connectivity index (χ1v) is 34.8. The predicted molar refractivity (Wildman–Crippen MR) is 299 cm³/mol. The molecule has 49 heteroatoms. The molecule has 572 valence electrons. The lowest BCUT2D eigenvalue weighted by Gasteiger charge is -2.52. The van der Waals surface area contributed by atoms with Gasteiger partial charge in [0.15, 0.2) is 68.3 Å². The molecular formula is C48H86O45S4. The molecule has 0 bridgehead atoms. The Morgan fingerprint density at radius 1 is 0.278 bits per heavy atom. The summed E-state index contributed by atoms with van der Waals surface area (Å²) in [5.74, 6) is -3.72. The molecule has 0 spiro atoms. The van der Waals surface area contributed by atoms with Gasteiger partial charge in [-0.2, -0.15) is 53.2 Å². The molecule has 97 heavy (non-hydrogen) atoms. The van der Waals surface area contributed by atoms with Gasteiger partial charge >= 0.3 is 41.6 Å². The first kappa shape index (κ1) is 84.3. The van der Waals surface area contributed by atoms with Crippen LogP contribution in [0.5, 0.6) is 0 Å². The number of hydrogen-bond acceptors (Lipinski definition) is 41. The van der Waals surface area contributed by atoms with E-state index in [0.717, 1.165) is 0 Å². The Bertz CT molecular complexity index is 2800. The highest BCUT2D eigenvalue weighted by Crippen LogP contribution is 2.44. The molecule has 6 aliphatic heterocycles. The van der Waals surface area contributed by atoms with E-state index in [-0.39, 0.29) is 37.6 Å². The van der Waals surface area contributed by atoms with Crippen LogP contribution < -0.4 is 0 Å². The molecule has 6 rings (SSSR count). The predicted octanol–water partition coefficient (Wildman–Crippen LogP) is -1.50. The van der Waals surface area contributed by atoms with Gasteiger partial charge in [0, 0.05) is 66.3 Å². The zero-order chi connectivity index (χ0) is 72.1. The van der Waals surface area contributed by atoms with Crippen molar-refractivity contribution < 1.29 is 210 Å². The van der Waals surface area contributed by atoms with Crippen LogP contribution in [0.15, 0.2) is 0 Å². The lowest BCUT2D eigenvalue weighted by atomic mass is 9.83. The van der Waals surface area contributed by atoms with Crippen molar-refractivity contribution >= 4 is 41.6 Å². The van der Waals surface area contributed by atoms with Crippen LogP contribution in [0.4, 0.5) is 0 Å². The van der Waals surface area contributed by atoms with E-state index in [1.165, 1.54) is 49.4 Å². The van der Waals surface area contributed by atoms with Gasteiger partial charge in [-0.15, -0.1) is 0 Å². The van der Waals surface area contributed by atoms with Crippen LogP contribution in [0.2, 0.25) is 0 Å². The average Bonchev–Trinajstić information content (AvgIpc) is 0.770. The van der Waals surface area contributed by atoms with Crippen molar-refractivity contribution in [2.45, 2.75) is 189 Å². The second kappa shape index (κ2) is 37.8. The Kier molecular flexibility index (Phi) is 32.9. The van der Waals surface area contributed by atoms with E-state index in [1.807, 2.05) is 20.8 Å². The Morgan fingerprint density at radius 3 is 0.918 bits per heavy atom. The van der Waals surface area contributed by atoms with Gasteiger partial charge in [0.2, 0.25) is 0 Å². The highest BCUT2D eigenvalue weighted by Gasteiger charge is 2.60. The summed E-state index contributed by atoms with van der Waals surface area (Å²) < 4.78 is 260. The largest absolute Gasteiger partial charge is 0.397 e. The molecule has 0 aromatic carbocycles. The maximum Gasteiger partial charge on any atom is 0.397 e. The Labute approximate surface area is 556 Å². The minimum atomic E-state index is -5.88. The van der Waals surface area contributed by atoms with E-state index >= 15 is 0 Å². The fraction of sp³-hybridized carbons (Fsp3) is 1.00. The van der Waals surface area contributed by atoms with Gasteiger partial charge < -0.3 is 80.5 Å². The molecule has 6 aliphatic rings. The van der Waals surface area contributed by atoms with E-state index in [4.69, 9.17) is 104 Å². The first-order valence-electron chi connectivity index (χ1n) is 29.3. The first-order chi connectivity index (χ1) is 45.6. The molecule has 6 fully saturated rings. The van der Waals surface area contributed by atoms with Crippen LogP contribution in [0, 0.1) is 35.5 Å². The number of ether oxygens (including phenoxy) is 17. The van der Waals surface area contributed by atoms with Crippen LogP contribution in [0.3, 0.4) is 0 Å². The summed E-state index contributed by atoms with van der Waals surface area (Å²) in [6.07, 6.45) is -38.2. The monoisotopic (exact) mass is 1510 g/mol. The maximum absolute atomic E-state index is 12.8. The molecule has 0 aliphatic carbocycles. The molecule has 0 amide bonds. The normalized spacial score (nSPS) is 41.2. The number of methoxy groups -OCH3 is 6. The molecule has 0 aromatic heterocycles. The summed E-state index contributed by atoms with van der Waals surface area (Å²) in [7, 11) is -13.4. The zero-order valence-corrected chi connectivity index (χ0v) is 57.1. The number of hydrogen-bond donors (Lipinski definition) is 8. The molecule has 0 aromatic rings. The van der Waals surface area contributed by atoms with E-state index in [2.05, 4.69) is 38.3 Å². The molecule has 8 N–H and O–H groups in total. The highest BCUT2D eigenvalue weighted by molar-refractivity contribution is 7.81. The summed E-state index contributed by atoms with van der Waals surface area (Å²) in [5.41, 5.74) is 0. The third-order valence-electron chi connectivity index (χ3n) is 17.3. The average molecular weight is 1510 g/mol. The fourth-order valence-corrected chi connectivity index (χ4v) is 13.8. The molecule has 30 atom stereocenters. The van der Waals surface area contributed by atoms with Gasteiger partial charge in [0.05, 0.1) is 64.1 Å². The van der Waals surface area contributed by atoms with Crippen molar-refractivity contribution in [3.8, 4) is 0 Å². The van der Waals surface area contributed by atoms with Gasteiger partial charge in [0.1, 0.15) is 54.9 Å². The van der Waals surface area contributed by atoms with Gasteiger partial charge in [-0.3, -0.25) is 18.2 Å². The Morgan fingerprint density at radius 2 is 0.557 bits per heavy atom. The van der Waals surface area contributed by atoms with Gasteiger partial charge in [-0.05, 0) is 11.8 Å². The van der Waals surface area contributed by atoms with E-state index in [9.17, 15) is 67.7 Å². The summed E-state index contributed by atoms with van der Waals surface area (Å²) in [6, 6.07) is 0. The van der Waals surface area contributed by atoms with E-state index in [0.29, 0.717) is 0 Å². The van der Waals surface area contributed by atoms with Crippen molar-refractivity contribution in [2.24, 2.45) is 35.5 Å². The number of rotatable bonds is 38. The van der Waals surface area contributed by atoms with Crippen LogP contribution in [-0.2, 0) is 179 Å². The second-order valence-electron chi connectivity index (χ2n) is 23.1. The quantitative estimate of drug-likeness (QED) is 0.0198. The Balaban J connectivity index is 1.30. The molecule has 12 unspecified atom stereocenters. The second-order valence-corrected chi connectivity index (χ2v) is 27.4. The van der Waals surface area contributed by atoms with Crippen molar-refractivity contribution in [3.63, 3.8) is 0 Å². The smallest absolute Gasteiger partial charge is 0.382 e. The molecule has 6 saturated heterocycles. The third kappa shape index (κ3) is 22.7. The lowest BCUT2D eigenvalue weighted by molar-refractivity contribution is -0.593. The van der Waals surface area contributed by atoms with Crippen molar-refractivity contribution in [3.05, 3.63) is 0 Å². The SMILES string of the molecule is COCC1O[C@@H](O[C@H]2C(C)C(C)[C@@H](O[C@H]3C(C)C(OC)[C@H](OC)O[C@H]3COC)O[C@H]2COC)C(OC)[C@@H](C)[C@@H]1O[C@@H]1OC(COS(=O)(=O)O)[C@@H](O[C@@H]2O[C@@H](COS(=O)(=O)O)[C@@H](O[C@H]3O[C@@H](COS(=O)(=O)O)[C@@H](OOO)C(OOO)C3OOO)C(OOO)C2OS(=O)(=O)O)[C@H](C)C1C. The van der Waals surface area contributed by atoms with Gasteiger partial charge in [-0.1, -0.05) is 61.7 Å². The lowest BCUT2D eigenvalue weighted by Crippen LogP contribution is -2.67. The van der Waals surface area contributed by atoms with Crippen molar-refractivity contribution in [2.75, 3.05) is 82.3 Å².